The molecule has 2 saturated heterocycles. The fourth-order valence-corrected chi connectivity index (χ4v) is 7.24. The van der Waals surface area contributed by atoms with E-state index in [2.05, 4.69) is 33.0 Å². The van der Waals surface area contributed by atoms with Gasteiger partial charge in [0.05, 0.1) is 5.60 Å². The predicted molar refractivity (Wildman–Crippen MR) is 126 cm³/mol. The zero-order valence-corrected chi connectivity index (χ0v) is 20.7. The van der Waals surface area contributed by atoms with E-state index in [9.17, 15) is 14.4 Å². The molecule has 2 heterocycles. The number of nitrogens with one attached hydrogen (secondary N) is 1. The summed E-state index contributed by atoms with van der Waals surface area (Å²) in [6, 6.07) is 5.74. The van der Waals surface area contributed by atoms with Crippen LogP contribution in [0.15, 0.2) is 24.3 Å². The van der Waals surface area contributed by atoms with E-state index in [4.69, 9.17) is 14.4 Å². The maximum absolute atomic E-state index is 13.1. The number of thioether (sulfide) groups is 1. The lowest BCUT2D eigenvalue weighted by Gasteiger charge is -2.58. The average molecular weight is 482 g/mol. The fraction of sp³-hybridized carbons (Fsp3) is 0.720. The number of ether oxygens (including phenoxy) is 2. The largest absolute Gasteiger partial charge is 0.344 e. The number of carbonyl (C=O) groups excluding carboxylic acids is 1. The van der Waals surface area contributed by atoms with E-state index in [1.807, 2.05) is 0 Å². The van der Waals surface area contributed by atoms with Crippen LogP contribution in [-0.2, 0) is 19.2 Å². The second-order valence-corrected chi connectivity index (χ2v) is 11.7. The van der Waals surface area contributed by atoms with E-state index in [1.54, 1.807) is 23.9 Å². The molecule has 0 bridgehead atoms. The van der Waals surface area contributed by atoms with Gasteiger partial charge in [0.15, 0.2) is 11.9 Å². The number of benzene rings is 1. The standard InChI is InChI=1S/C25H36FNO5S/c1-15-5-10-20-16(2)22(33-14-12-21(28)27-18-8-6-17(26)7-9-18)30-23-25(20,32-29)19(15)11-13-24(3,4)31-23/h6-9,15-16,19-20,22-23,29H,5,10-14H2,1-4H3,(H,27,28)/t15-,16-,19+,20+,22+,23-,25-/m1/s1. The maximum atomic E-state index is 13.1. The lowest BCUT2D eigenvalue weighted by atomic mass is 9.58. The molecule has 2 aliphatic heterocycles. The predicted octanol–water partition coefficient (Wildman–Crippen LogP) is 5.69. The summed E-state index contributed by atoms with van der Waals surface area (Å²) in [6.45, 7) is 8.53. The third-order valence-corrected chi connectivity index (χ3v) is 9.16. The van der Waals surface area contributed by atoms with Gasteiger partial charge in [0.2, 0.25) is 5.91 Å². The Kier molecular flexibility index (Phi) is 7.41. The van der Waals surface area contributed by atoms with E-state index < -0.39 is 11.9 Å². The summed E-state index contributed by atoms with van der Waals surface area (Å²) < 4.78 is 26.0. The van der Waals surface area contributed by atoms with Crippen molar-refractivity contribution in [2.45, 2.75) is 82.7 Å². The van der Waals surface area contributed by atoms with Crippen LogP contribution in [-0.4, -0.2) is 39.8 Å². The number of amides is 1. The highest BCUT2D eigenvalue weighted by molar-refractivity contribution is 7.99. The van der Waals surface area contributed by atoms with Gasteiger partial charge in [-0.05, 0) is 81.5 Å². The average Bonchev–Trinajstić information content (AvgIpc) is 2.88. The molecule has 1 aliphatic carbocycles. The van der Waals surface area contributed by atoms with Crippen molar-refractivity contribution in [3.05, 3.63) is 30.1 Å². The monoisotopic (exact) mass is 481 g/mol. The minimum Gasteiger partial charge on any atom is -0.344 e. The summed E-state index contributed by atoms with van der Waals surface area (Å²) in [5.41, 5.74) is -0.815. The topological polar surface area (TPSA) is 77.0 Å². The molecule has 1 saturated carbocycles. The van der Waals surface area contributed by atoms with Gasteiger partial charge >= 0.3 is 0 Å². The van der Waals surface area contributed by atoms with Crippen molar-refractivity contribution < 1.29 is 28.8 Å². The summed E-state index contributed by atoms with van der Waals surface area (Å²) in [5.74, 6) is 0.964. The minimum atomic E-state index is -0.859. The smallest absolute Gasteiger partial charge is 0.225 e. The summed E-state index contributed by atoms with van der Waals surface area (Å²) >= 11 is 1.60. The van der Waals surface area contributed by atoms with Crippen molar-refractivity contribution in [1.82, 2.24) is 0 Å². The molecule has 0 unspecified atom stereocenters. The van der Waals surface area contributed by atoms with Gasteiger partial charge in [0.1, 0.15) is 11.3 Å². The van der Waals surface area contributed by atoms with Crippen LogP contribution in [0.25, 0.3) is 0 Å². The Hall–Kier alpha value is -1.19. The first-order valence-corrected chi connectivity index (χ1v) is 13.0. The third kappa shape index (κ3) is 4.96. The lowest BCUT2D eigenvalue weighted by Crippen LogP contribution is -2.67. The Bertz CT molecular complexity index is 837. The molecule has 0 aromatic heterocycles. The molecule has 7 atom stereocenters. The van der Waals surface area contributed by atoms with Crippen molar-refractivity contribution in [2.24, 2.45) is 23.7 Å². The van der Waals surface area contributed by atoms with Crippen LogP contribution in [0.2, 0.25) is 0 Å². The van der Waals surface area contributed by atoms with Gasteiger partial charge in [0, 0.05) is 23.8 Å². The van der Waals surface area contributed by atoms with Gasteiger partial charge in [-0.1, -0.05) is 13.8 Å². The van der Waals surface area contributed by atoms with E-state index in [1.165, 1.54) is 12.1 Å². The van der Waals surface area contributed by atoms with Crippen molar-refractivity contribution >= 4 is 23.4 Å². The molecular weight excluding hydrogens is 445 g/mol. The molecule has 0 spiro atoms. The first-order valence-electron chi connectivity index (χ1n) is 12.0. The highest BCUT2D eigenvalue weighted by Crippen LogP contribution is 2.58. The Morgan fingerprint density at radius 3 is 2.64 bits per heavy atom. The Labute approximate surface area is 199 Å². The quantitative estimate of drug-likeness (QED) is 0.402. The Balaban J connectivity index is 1.43. The van der Waals surface area contributed by atoms with Crippen LogP contribution in [0.3, 0.4) is 0 Å². The number of hydrogen-bond donors (Lipinski definition) is 2. The van der Waals surface area contributed by atoms with E-state index >= 15 is 0 Å². The van der Waals surface area contributed by atoms with Gasteiger partial charge in [-0.3, -0.25) is 10.1 Å². The normalized spacial score (nSPS) is 37.6. The van der Waals surface area contributed by atoms with E-state index in [0.717, 1.165) is 25.7 Å². The summed E-state index contributed by atoms with van der Waals surface area (Å²) in [7, 11) is 0. The molecule has 6 nitrogen and oxygen atoms in total. The van der Waals surface area contributed by atoms with Crippen LogP contribution in [0, 0.1) is 29.5 Å². The van der Waals surface area contributed by atoms with Crippen LogP contribution >= 0.6 is 11.8 Å². The van der Waals surface area contributed by atoms with Crippen molar-refractivity contribution in [2.75, 3.05) is 11.1 Å². The Morgan fingerprint density at radius 1 is 1.21 bits per heavy atom. The van der Waals surface area contributed by atoms with Gasteiger partial charge in [-0.25, -0.2) is 9.28 Å². The SMILES string of the molecule is C[C@H]1[C@H](SCCC(=O)Nc2ccc(F)cc2)O[C@@H]2OC(C)(C)CC[C@H]3[C@H](C)CC[C@@H]1[C@@]23OO. The van der Waals surface area contributed by atoms with E-state index in [0.29, 0.717) is 23.8 Å². The van der Waals surface area contributed by atoms with Crippen LogP contribution in [0.1, 0.15) is 59.8 Å². The van der Waals surface area contributed by atoms with Crippen molar-refractivity contribution in [3.8, 4) is 0 Å². The molecule has 2 N–H and O–H groups in total. The fourth-order valence-electron chi connectivity index (χ4n) is 6.03. The number of rotatable bonds is 6. The summed E-state index contributed by atoms with van der Waals surface area (Å²) in [6.07, 6.45) is 3.52. The first kappa shape index (κ1) is 24.9. The van der Waals surface area contributed by atoms with Crippen molar-refractivity contribution in [3.63, 3.8) is 0 Å². The molecule has 3 fully saturated rings. The molecule has 33 heavy (non-hydrogen) atoms. The first-order chi connectivity index (χ1) is 15.7. The van der Waals surface area contributed by atoms with Gasteiger partial charge in [-0.2, -0.15) is 0 Å². The number of halogens is 1. The van der Waals surface area contributed by atoms with Crippen LogP contribution in [0.5, 0.6) is 0 Å². The van der Waals surface area contributed by atoms with E-state index in [-0.39, 0.29) is 40.5 Å². The lowest BCUT2D eigenvalue weighted by molar-refractivity contribution is -0.442. The van der Waals surface area contributed by atoms with Crippen molar-refractivity contribution in [1.29, 1.82) is 0 Å². The highest BCUT2D eigenvalue weighted by Gasteiger charge is 2.65. The maximum Gasteiger partial charge on any atom is 0.225 e. The molecule has 3 aliphatic rings. The van der Waals surface area contributed by atoms with Crippen LogP contribution < -0.4 is 5.32 Å². The third-order valence-electron chi connectivity index (χ3n) is 7.85. The van der Waals surface area contributed by atoms with Gasteiger partial charge in [-0.15, -0.1) is 11.8 Å². The zero-order valence-electron chi connectivity index (χ0n) is 19.9. The van der Waals surface area contributed by atoms with Gasteiger partial charge < -0.3 is 14.8 Å². The molecule has 1 amide bonds. The second kappa shape index (κ2) is 9.82. The molecule has 4 rings (SSSR count). The van der Waals surface area contributed by atoms with Gasteiger partial charge in [0.25, 0.3) is 0 Å². The molecule has 184 valence electrons. The minimum absolute atomic E-state index is 0.113. The molecule has 1 aromatic carbocycles. The number of carbonyl (C=O) groups is 1. The molecule has 1 aromatic rings. The summed E-state index contributed by atoms with van der Waals surface area (Å²) in [5, 5.41) is 13.1. The Morgan fingerprint density at radius 2 is 1.94 bits per heavy atom. The molecule has 0 radical (unpaired) electrons. The number of hydrogen-bond acceptors (Lipinski definition) is 6. The number of anilines is 1. The molecule has 8 heteroatoms. The summed E-state index contributed by atoms with van der Waals surface area (Å²) in [4.78, 5) is 17.7. The second-order valence-electron chi connectivity index (χ2n) is 10.5. The highest BCUT2D eigenvalue weighted by atomic mass is 32.2. The van der Waals surface area contributed by atoms with Crippen LogP contribution in [0.4, 0.5) is 10.1 Å². The molecular formula is C25H36FNO5S. The zero-order chi connectivity index (χ0) is 23.8.